The maximum atomic E-state index is 12.9. The van der Waals surface area contributed by atoms with E-state index in [2.05, 4.69) is 24.9 Å². The molecule has 212 valence electrons. The molecule has 0 saturated carbocycles. The Balaban J connectivity index is 1.24. The normalized spacial score (nSPS) is 28.7. The summed E-state index contributed by atoms with van der Waals surface area (Å²) in [6.07, 6.45) is -0.525. The molecule has 4 N–H and O–H groups in total. The monoisotopic (exact) mass is 568 g/mol. The Bertz CT molecular complexity index is 1510. The lowest BCUT2D eigenvalue weighted by atomic mass is 10.1. The standard InChI is InChI=1S/C21H29N8O9P/c1-4-11-13(6-16(36-11)29-9-24-20(22)27-21(29)31)38-39(32,33)35-7-14-12(34-3)5-15(37-14)28-8-23-17-18(28)25-10(2)26-19(17)30/h8-9,11-16H,4-7H2,1-3H3,(H,32,33)(H2,22,27,31)(H,25,26,30)/t11-,12-,13-,14-,15-,16-/m1/s1. The molecule has 0 spiro atoms. The molecule has 0 aromatic carbocycles. The summed E-state index contributed by atoms with van der Waals surface area (Å²) in [6, 6.07) is 0. The van der Waals surface area contributed by atoms with Crippen molar-refractivity contribution in [2.75, 3.05) is 19.5 Å². The number of nitrogens with zero attached hydrogens (tertiary/aromatic N) is 6. The van der Waals surface area contributed by atoms with Crippen LogP contribution in [0.1, 0.15) is 44.5 Å². The summed E-state index contributed by atoms with van der Waals surface area (Å²) in [7, 11) is -3.09. The highest BCUT2D eigenvalue weighted by molar-refractivity contribution is 7.47. The summed E-state index contributed by atoms with van der Waals surface area (Å²) < 4.78 is 43.8. The molecule has 3 aromatic rings. The molecule has 18 heteroatoms. The number of anilines is 1. The quantitative estimate of drug-likeness (QED) is 0.293. The molecule has 2 saturated heterocycles. The number of ether oxygens (including phenoxy) is 3. The van der Waals surface area contributed by atoms with Gasteiger partial charge >= 0.3 is 13.5 Å². The maximum Gasteiger partial charge on any atom is 0.472 e. The Hall–Kier alpha value is -3.05. The van der Waals surface area contributed by atoms with Crippen LogP contribution in [0.5, 0.6) is 0 Å². The Labute approximate surface area is 220 Å². The van der Waals surface area contributed by atoms with Gasteiger partial charge in [0.25, 0.3) is 5.56 Å². The fraction of sp³-hybridized carbons (Fsp3) is 0.619. The number of nitrogens with one attached hydrogen (secondary N) is 1. The van der Waals surface area contributed by atoms with Crippen molar-refractivity contribution in [1.29, 1.82) is 0 Å². The van der Waals surface area contributed by atoms with E-state index in [4.69, 9.17) is 29.0 Å². The molecule has 39 heavy (non-hydrogen) atoms. The van der Waals surface area contributed by atoms with Gasteiger partial charge in [0.2, 0.25) is 5.95 Å². The number of aryl methyl sites for hydroxylation is 1. The van der Waals surface area contributed by atoms with Crippen LogP contribution in [0.4, 0.5) is 5.95 Å². The van der Waals surface area contributed by atoms with Crippen LogP contribution >= 0.6 is 7.82 Å². The number of methoxy groups -OCH3 is 1. The summed E-state index contributed by atoms with van der Waals surface area (Å²) in [4.78, 5) is 53.3. The summed E-state index contributed by atoms with van der Waals surface area (Å²) in [5.74, 6) is 0.250. The van der Waals surface area contributed by atoms with E-state index >= 15 is 0 Å². The molecule has 2 aliphatic rings. The minimum Gasteiger partial charge on any atom is -0.378 e. The van der Waals surface area contributed by atoms with E-state index in [9.17, 15) is 19.0 Å². The first-order chi connectivity index (χ1) is 18.6. The first-order valence-corrected chi connectivity index (χ1v) is 13.7. The van der Waals surface area contributed by atoms with Crippen LogP contribution in [0.3, 0.4) is 0 Å². The van der Waals surface area contributed by atoms with Crippen molar-refractivity contribution in [2.24, 2.45) is 0 Å². The number of H-pyrrole nitrogens is 1. The number of phosphoric ester groups is 1. The molecule has 17 nitrogen and oxygen atoms in total. The Morgan fingerprint density at radius 2 is 1.82 bits per heavy atom. The summed E-state index contributed by atoms with van der Waals surface area (Å²) in [5.41, 5.74) is 4.93. The number of rotatable bonds is 9. The van der Waals surface area contributed by atoms with Gasteiger partial charge in [0.15, 0.2) is 11.2 Å². The molecule has 5 heterocycles. The molecular weight excluding hydrogens is 539 g/mol. The minimum absolute atomic E-state index is 0.0849. The van der Waals surface area contributed by atoms with Gasteiger partial charge in [0.1, 0.15) is 30.7 Å². The zero-order chi connectivity index (χ0) is 27.9. The molecule has 7 atom stereocenters. The highest BCUT2D eigenvalue weighted by Gasteiger charge is 2.43. The van der Waals surface area contributed by atoms with Crippen molar-refractivity contribution in [2.45, 2.75) is 70.0 Å². The zero-order valence-corrected chi connectivity index (χ0v) is 22.3. The van der Waals surface area contributed by atoms with E-state index < -0.39 is 50.4 Å². The van der Waals surface area contributed by atoms with Crippen molar-refractivity contribution in [1.82, 2.24) is 34.1 Å². The SMILES string of the molecule is CC[C@H]1O[C@@H](n2cnc(N)nc2=O)C[C@H]1OP(=O)(O)OC[C@H]1O[C@@H](n2cnc3c(=O)[nH]c(C)nc32)C[C@H]1OC. The van der Waals surface area contributed by atoms with E-state index in [0.29, 0.717) is 24.3 Å². The lowest BCUT2D eigenvalue weighted by Crippen LogP contribution is -2.29. The fourth-order valence-corrected chi connectivity index (χ4v) is 5.74. The Kier molecular flexibility index (Phi) is 7.65. The van der Waals surface area contributed by atoms with Gasteiger partial charge in [0, 0.05) is 20.0 Å². The maximum absolute atomic E-state index is 12.9. The highest BCUT2D eigenvalue weighted by Crippen LogP contribution is 2.49. The third-order valence-electron chi connectivity index (χ3n) is 6.65. The summed E-state index contributed by atoms with van der Waals surface area (Å²) >= 11 is 0. The first-order valence-electron chi connectivity index (χ1n) is 12.2. The van der Waals surface area contributed by atoms with Crippen LogP contribution in [0.25, 0.3) is 11.2 Å². The number of nitrogen functional groups attached to an aromatic ring is 1. The van der Waals surface area contributed by atoms with Crippen LogP contribution < -0.4 is 17.0 Å². The molecule has 3 aromatic heterocycles. The van der Waals surface area contributed by atoms with Crippen molar-refractivity contribution < 1.29 is 32.7 Å². The molecule has 2 fully saturated rings. The van der Waals surface area contributed by atoms with Crippen molar-refractivity contribution in [3.8, 4) is 0 Å². The second kappa shape index (κ2) is 10.8. The molecule has 0 aliphatic carbocycles. The number of aromatic amines is 1. The van der Waals surface area contributed by atoms with Gasteiger partial charge in [-0.2, -0.15) is 4.98 Å². The second-order valence-electron chi connectivity index (χ2n) is 9.20. The average Bonchev–Trinajstić information content (AvgIpc) is 3.59. The number of fused-ring (bicyclic) bond motifs is 1. The van der Waals surface area contributed by atoms with Crippen LogP contribution in [0.15, 0.2) is 22.2 Å². The van der Waals surface area contributed by atoms with Crippen molar-refractivity contribution >= 4 is 24.9 Å². The van der Waals surface area contributed by atoms with Gasteiger partial charge < -0.3 is 29.8 Å². The zero-order valence-electron chi connectivity index (χ0n) is 21.4. The Morgan fingerprint density at radius 3 is 2.54 bits per heavy atom. The van der Waals surface area contributed by atoms with Gasteiger partial charge in [-0.25, -0.2) is 24.3 Å². The topological polar surface area (TPSA) is 221 Å². The third kappa shape index (κ3) is 5.65. The number of hydrogen-bond donors (Lipinski definition) is 3. The second-order valence-corrected chi connectivity index (χ2v) is 10.6. The molecule has 1 unspecified atom stereocenters. The van der Waals surface area contributed by atoms with E-state index in [1.165, 1.54) is 19.8 Å². The van der Waals surface area contributed by atoms with Gasteiger partial charge in [-0.1, -0.05) is 6.92 Å². The smallest absolute Gasteiger partial charge is 0.378 e. The predicted molar refractivity (Wildman–Crippen MR) is 132 cm³/mol. The number of nitrogens with two attached hydrogens (primary N) is 1. The third-order valence-corrected chi connectivity index (χ3v) is 7.67. The van der Waals surface area contributed by atoms with Crippen LogP contribution in [0.2, 0.25) is 0 Å². The lowest BCUT2D eigenvalue weighted by Gasteiger charge is -2.22. The number of phosphoric acid groups is 1. The fourth-order valence-electron chi connectivity index (χ4n) is 4.78. The average molecular weight is 568 g/mol. The van der Waals surface area contributed by atoms with Crippen LogP contribution in [-0.4, -0.2) is 77.1 Å². The van der Waals surface area contributed by atoms with Crippen LogP contribution in [-0.2, 0) is 27.8 Å². The summed E-state index contributed by atoms with van der Waals surface area (Å²) in [6.45, 7) is 3.15. The number of hydrogen-bond acceptors (Lipinski definition) is 13. The van der Waals surface area contributed by atoms with E-state index in [-0.39, 0.29) is 30.1 Å². The minimum atomic E-state index is -4.58. The number of imidazole rings is 1. The number of aromatic nitrogens is 7. The van der Waals surface area contributed by atoms with Crippen molar-refractivity contribution in [3.63, 3.8) is 0 Å². The van der Waals surface area contributed by atoms with Gasteiger partial charge in [-0.15, -0.1) is 0 Å². The van der Waals surface area contributed by atoms with E-state index in [0.717, 1.165) is 4.57 Å². The molecular formula is C21H29N8O9P. The van der Waals surface area contributed by atoms with Gasteiger partial charge in [-0.3, -0.25) is 23.0 Å². The highest BCUT2D eigenvalue weighted by atomic mass is 31.2. The van der Waals surface area contributed by atoms with E-state index in [1.54, 1.807) is 11.5 Å². The molecule has 2 aliphatic heterocycles. The molecule has 0 amide bonds. The Morgan fingerprint density at radius 1 is 1.13 bits per heavy atom. The summed E-state index contributed by atoms with van der Waals surface area (Å²) in [5, 5.41) is 0. The van der Waals surface area contributed by atoms with E-state index in [1.807, 2.05) is 6.92 Å². The largest absolute Gasteiger partial charge is 0.472 e. The molecule has 0 radical (unpaired) electrons. The molecule has 5 rings (SSSR count). The van der Waals surface area contributed by atoms with Crippen LogP contribution in [0, 0.1) is 6.92 Å². The first kappa shape index (κ1) is 27.5. The van der Waals surface area contributed by atoms with Gasteiger partial charge in [-0.05, 0) is 13.3 Å². The van der Waals surface area contributed by atoms with Gasteiger partial charge in [0.05, 0.1) is 31.2 Å². The molecule has 0 bridgehead atoms. The predicted octanol–water partition coefficient (Wildman–Crippen LogP) is 0.164. The van der Waals surface area contributed by atoms with Crippen molar-refractivity contribution in [3.05, 3.63) is 39.3 Å². The lowest BCUT2D eigenvalue weighted by molar-refractivity contribution is -0.0559.